The van der Waals surface area contributed by atoms with Crippen LogP contribution in [0, 0.1) is 0 Å². The number of hydrogen-bond donors (Lipinski definition) is 3. The molecule has 1 aromatic rings. The first-order valence-corrected chi connectivity index (χ1v) is 9.23. The number of carbonyl (C=O) groups excluding carboxylic acids is 2. The number of nitrogens with one attached hydrogen (secondary N) is 3. The lowest BCUT2D eigenvalue weighted by molar-refractivity contribution is -0.123. The lowest BCUT2D eigenvalue weighted by Gasteiger charge is -2.25. The molecule has 0 bridgehead atoms. The number of hydrogen-bond acceptors (Lipinski definition) is 5. The SMILES string of the molecule is C/C=C\C(=C/C)CC1Oc2nc(NC(=O)[C@H](C)NC)ccc2NC1=O.CC. The molecule has 0 aliphatic carbocycles. The summed E-state index contributed by atoms with van der Waals surface area (Å²) < 4.78 is 5.77. The zero-order chi connectivity index (χ0) is 20.4. The Morgan fingerprint density at radius 1 is 1.37 bits per heavy atom. The van der Waals surface area contributed by atoms with Crippen molar-refractivity contribution in [2.45, 2.75) is 53.2 Å². The minimum absolute atomic E-state index is 0.198. The maximum Gasteiger partial charge on any atom is 0.266 e. The van der Waals surface area contributed by atoms with E-state index in [0.717, 1.165) is 5.57 Å². The zero-order valence-electron chi connectivity index (χ0n) is 16.9. The number of anilines is 2. The molecule has 2 heterocycles. The Morgan fingerprint density at radius 2 is 2.07 bits per heavy atom. The summed E-state index contributed by atoms with van der Waals surface area (Å²) in [6.45, 7) is 9.59. The molecule has 3 N–H and O–H groups in total. The first-order valence-electron chi connectivity index (χ1n) is 9.23. The number of ether oxygens (including phenoxy) is 1. The van der Waals surface area contributed by atoms with Gasteiger partial charge in [0, 0.05) is 6.42 Å². The summed E-state index contributed by atoms with van der Waals surface area (Å²) in [5.74, 6) is 0.269. The summed E-state index contributed by atoms with van der Waals surface area (Å²) >= 11 is 0. The Hall–Kier alpha value is -2.67. The van der Waals surface area contributed by atoms with Crippen LogP contribution in [0.4, 0.5) is 11.5 Å². The minimum atomic E-state index is -0.662. The van der Waals surface area contributed by atoms with Gasteiger partial charge in [0.25, 0.3) is 5.91 Å². The van der Waals surface area contributed by atoms with Gasteiger partial charge in [-0.25, -0.2) is 0 Å². The van der Waals surface area contributed by atoms with Gasteiger partial charge in [0.05, 0.1) is 6.04 Å². The highest BCUT2D eigenvalue weighted by atomic mass is 16.5. The Morgan fingerprint density at radius 3 is 2.67 bits per heavy atom. The van der Waals surface area contributed by atoms with E-state index in [0.29, 0.717) is 23.8 Å². The first-order chi connectivity index (χ1) is 13.0. The van der Waals surface area contributed by atoms with E-state index < -0.39 is 6.10 Å². The van der Waals surface area contributed by atoms with Crippen LogP contribution in [0.5, 0.6) is 5.88 Å². The second-order valence-corrected chi connectivity index (χ2v) is 5.71. The zero-order valence-corrected chi connectivity index (χ0v) is 16.9. The first kappa shape index (κ1) is 22.4. The third kappa shape index (κ3) is 6.21. The van der Waals surface area contributed by atoms with Crippen molar-refractivity contribution < 1.29 is 14.3 Å². The highest BCUT2D eigenvalue weighted by molar-refractivity contribution is 5.98. The standard InChI is InChI=1S/C18H24N4O3.C2H6/c1-5-7-12(6-2)10-14-17(24)20-13-8-9-15(22-18(13)25-14)21-16(23)11(3)19-4;1-2/h5-9,11,14,19H,10H2,1-4H3,(H,20,24)(H,21,22,23);1-2H3/b7-5-,12-6+;/t11-,14?;/m0./s1. The summed E-state index contributed by atoms with van der Waals surface area (Å²) in [5.41, 5.74) is 1.49. The lowest BCUT2D eigenvalue weighted by atomic mass is 10.1. The Labute approximate surface area is 161 Å². The molecule has 0 fully saturated rings. The molecule has 2 atom stereocenters. The Balaban J connectivity index is 0.00000176. The summed E-state index contributed by atoms with van der Waals surface area (Å²) in [5, 5.41) is 8.37. The molecule has 2 rings (SSSR count). The van der Waals surface area contributed by atoms with Crippen molar-refractivity contribution in [3.8, 4) is 5.88 Å². The topological polar surface area (TPSA) is 92.3 Å². The van der Waals surface area contributed by atoms with Crippen LogP contribution in [0.15, 0.2) is 35.9 Å². The number of carbonyl (C=O) groups is 2. The Bertz CT molecular complexity index is 713. The summed E-state index contributed by atoms with van der Waals surface area (Å²) in [7, 11) is 1.71. The van der Waals surface area contributed by atoms with Gasteiger partial charge in [-0.3, -0.25) is 9.59 Å². The molecular weight excluding hydrogens is 344 g/mol. The number of amides is 2. The number of nitrogens with zero attached hydrogens (tertiary/aromatic N) is 1. The molecule has 148 valence electrons. The molecule has 2 amide bonds. The van der Waals surface area contributed by atoms with E-state index in [4.69, 9.17) is 4.74 Å². The van der Waals surface area contributed by atoms with E-state index in [1.54, 1.807) is 26.1 Å². The predicted octanol–water partition coefficient (Wildman–Crippen LogP) is 3.27. The molecule has 0 spiro atoms. The van der Waals surface area contributed by atoms with Gasteiger partial charge in [-0.05, 0) is 45.5 Å². The third-order valence-corrected chi connectivity index (χ3v) is 3.91. The molecule has 0 saturated carbocycles. The Kier molecular flexibility index (Phi) is 9.22. The molecule has 7 heteroatoms. The van der Waals surface area contributed by atoms with Crippen LogP contribution in [-0.4, -0.2) is 36.0 Å². The number of likely N-dealkylation sites (N-methyl/N-ethyl adjacent to an activating group) is 1. The molecule has 27 heavy (non-hydrogen) atoms. The smallest absolute Gasteiger partial charge is 0.266 e. The van der Waals surface area contributed by atoms with Crippen LogP contribution >= 0.6 is 0 Å². The number of pyridine rings is 1. The van der Waals surface area contributed by atoms with E-state index in [2.05, 4.69) is 20.9 Å². The number of allylic oxidation sites excluding steroid dienone is 3. The van der Waals surface area contributed by atoms with Crippen molar-refractivity contribution in [2.24, 2.45) is 0 Å². The lowest BCUT2D eigenvalue weighted by Crippen LogP contribution is -2.38. The molecule has 1 aliphatic rings. The molecule has 7 nitrogen and oxygen atoms in total. The van der Waals surface area contributed by atoms with Gasteiger partial charge >= 0.3 is 0 Å². The van der Waals surface area contributed by atoms with Crippen molar-refractivity contribution in [1.29, 1.82) is 0 Å². The van der Waals surface area contributed by atoms with E-state index in [1.807, 2.05) is 45.9 Å². The highest BCUT2D eigenvalue weighted by Crippen LogP contribution is 2.30. The number of aromatic nitrogens is 1. The predicted molar refractivity (Wildman–Crippen MR) is 109 cm³/mol. The summed E-state index contributed by atoms with van der Waals surface area (Å²) in [6.07, 6.45) is 5.58. The fraction of sp³-hybridized carbons (Fsp3) is 0.450. The largest absolute Gasteiger partial charge is 0.462 e. The fourth-order valence-electron chi connectivity index (χ4n) is 2.31. The van der Waals surface area contributed by atoms with Gasteiger partial charge in [0.1, 0.15) is 11.5 Å². The summed E-state index contributed by atoms with van der Waals surface area (Å²) in [6, 6.07) is 2.95. The van der Waals surface area contributed by atoms with E-state index >= 15 is 0 Å². The second kappa shape index (κ2) is 11.1. The van der Waals surface area contributed by atoms with E-state index in [1.165, 1.54) is 0 Å². The maximum atomic E-state index is 12.2. The molecule has 0 radical (unpaired) electrons. The van der Waals surface area contributed by atoms with Gasteiger partial charge in [-0.1, -0.05) is 32.1 Å². The second-order valence-electron chi connectivity index (χ2n) is 5.71. The van der Waals surface area contributed by atoms with Gasteiger partial charge in [-0.15, -0.1) is 0 Å². The molecule has 0 aromatic carbocycles. The van der Waals surface area contributed by atoms with Gasteiger partial charge in [0.2, 0.25) is 11.8 Å². The van der Waals surface area contributed by atoms with Crippen molar-refractivity contribution in [2.75, 3.05) is 17.7 Å². The monoisotopic (exact) mass is 374 g/mol. The molecular formula is C20H30N4O3. The number of rotatable bonds is 6. The third-order valence-electron chi connectivity index (χ3n) is 3.91. The van der Waals surface area contributed by atoms with Crippen molar-refractivity contribution in [3.63, 3.8) is 0 Å². The average Bonchev–Trinajstić information content (AvgIpc) is 2.69. The van der Waals surface area contributed by atoms with Crippen LogP contribution in [0.25, 0.3) is 0 Å². The van der Waals surface area contributed by atoms with E-state index in [9.17, 15) is 9.59 Å². The number of fused-ring (bicyclic) bond motifs is 1. The van der Waals surface area contributed by atoms with Gasteiger partial charge < -0.3 is 20.7 Å². The maximum absolute atomic E-state index is 12.2. The molecule has 1 unspecified atom stereocenters. The van der Waals surface area contributed by atoms with Gasteiger partial charge in [0.15, 0.2) is 6.10 Å². The van der Waals surface area contributed by atoms with Crippen LogP contribution in [0.1, 0.15) is 41.0 Å². The fourth-order valence-corrected chi connectivity index (χ4v) is 2.31. The minimum Gasteiger partial charge on any atom is -0.462 e. The molecule has 0 saturated heterocycles. The summed E-state index contributed by atoms with van der Waals surface area (Å²) in [4.78, 5) is 28.5. The van der Waals surface area contributed by atoms with Crippen LogP contribution in [0.3, 0.4) is 0 Å². The van der Waals surface area contributed by atoms with E-state index in [-0.39, 0.29) is 17.9 Å². The van der Waals surface area contributed by atoms with Gasteiger partial charge in [-0.2, -0.15) is 4.98 Å². The van der Waals surface area contributed by atoms with Crippen LogP contribution < -0.4 is 20.7 Å². The van der Waals surface area contributed by atoms with Crippen molar-refractivity contribution in [3.05, 3.63) is 35.9 Å². The normalized spacial score (nSPS) is 17.2. The van der Waals surface area contributed by atoms with Crippen molar-refractivity contribution in [1.82, 2.24) is 10.3 Å². The quantitative estimate of drug-likeness (QED) is 0.665. The molecule has 1 aliphatic heterocycles. The van der Waals surface area contributed by atoms with Crippen LogP contribution in [0.2, 0.25) is 0 Å². The molecule has 1 aromatic heterocycles. The highest BCUT2D eigenvalue weighted by Gasteiger charge is 2.29. The van der Waals surface area contributed by atoms with Crippen molar-refractivity contribution >= 4 is 23.3 Å². The van der Waals surface area contributed by atoms with Crippen LogP contribution in [-0.2, 0) is 9.59 Å². The average molecular weight is 374 g/mol.